The molecule has 0 aliphatic carbocycles. The number of rotatable bonds is 11. The first-order valence-corrected chi connectivity index (χ1v) is 12.0. The lowest BCUT2D eigenvalue weighted by Gasteiger charge is -2.33. The standard InChI is InChI=1S/C24H38N4O3/c1-24(13-16-25-17-14-24)23(31)28-20(22(29)30)10-6-4-2-3-5-9-19-12-11-18-8-7-15-26-21(18)27-19/h11-12,20,25H,2-10,13-17H2,1H3,(H,26,27)(H,28,31)(H,29,30)/t20-/m0/s1. The molecule has 2 aliphatic heterocycles. The Bertz CT molecular complexity index is 746. The van der Waals surface area contributed by atoms with Crippen molar-refractivity contribution >= 4 is 17.7 Å². The number of pyridine rings is 1. The number of aryl methyl sites for hydroxylation is 2. The third kappa shape index (κ3) is 6.92. The summed E-state index contributed by atoms with van der Waals surface area (Å²) in [5, 5.41) is 18.9. The summed E-state index contributed by atoms with van der Waals surface area (Å²) in [7, 11) is 0. The molecule has 0 saturated carbocycles. The predicted molar refractivity (Wildman–Crippen MR) is 122 cm³/mol. The largest absolute Gasteiger partial charge is 0.480 e. The molecule has 31 heavy (non-hydrogen) atoms. The van der Waals surface area contributed by atoms with Crippen molar-refractivity contribution in [2.75, 3.05) is 25.0 Å². The average Bonchev–Trinajstić information content (AvgIpc) is 2.77. The predicted octanol–water partition coefficient (Wildman–Crippen LogP) is 3.28. The molecule has 2 aliphatic rings. The third-order valence-electron chi connectivity index (χ3n) is 6.74. The normalized spacial score (nSPS) is 18.5. The Morgan fingerprint density at radius 2 is 1.87 bits per heavy atom. The number of nitrogens with zero attached hydrogens (tertiary/aromatic N) is 1. The zero-order valence-corrected chi connectivity index (χ0v) is 18.8. The van der Waals surface area contributed by atoms with Crippen LogP contribution in [-0.4, -0.2) is 47.6 Å². The van der Waals surface area contributed by atoms with Crippen LogP contribution in [-0.2, 0) is 22.4 Å². The van der Waals surface area contributed by atoms with Crippen molar-refractivity contribution in [2.45, 2.75) is 83.6 Å². The van der Waals surface area contributed by atoms with E-state index in [0.29, 0.717) is 6.42 Å². The summed E-state index contributed by atoms with van der Waals surface area (Å²) in [6.07, 6.45) is 10.4. The van der Waals surface area contributed by atoms with Crippen LogP contribution >= 0.6 is 0 Å². The molecule has 0 spiro atoms. The molecule has 1 atom stereocenters. The molecule has 1 saturated heterocycles. The molecule has 1 amide bonds. The minimum atomic E-state index is -0.932. The molecular weight excluding hydrogens is 392 g/mol. The van der Waals surface area contributed by atoms with E-state index in [1.54, 1.807) is 0 Å². The lowest BCUT2D eigenvalue weighted by molar-refractivity contribution is -0.144. The Balaban J connectivity index is 1.31. The highest BCUT2D eigenvalue weighted by atomic mass is 16.4. The van der Waals surface area contributed by atoms with E-state index in [4.69, 9.17) is 4.98 Å². The molecule has 172 valence electrons. The fourth-order valence-corrected chi connectivity index (χ4v) is 4.49. The van der Waals surface area contributed by atoms with Crippen LogP contribution in [0, 0.1) is 5.41 Å². The van der Waals surface area contributed by atoms with Crippen molar-refractivity contribution in [3.63, 3.8) is 0 Å². The van der Waals surface area contributed by atoms with Crippen LogP contribution in [0.15, 0.2) is 12.1 Å². The summed E-state index contributed by atoms with van der Waals surface area (Å²) in [5.74, 6) is 0.00951. The van der Waals surface area contributed by atoms with Crippen LogP contribution in [0.4, 0.5) is 5.82 Å². The van der Waals surface area contributed by atoms with E-state index in [9.17, 15) is 14.7 Å². The summed E-state index contributed by atoms with van der Waals surface area (Å²) < 4.78 is 0. The lowest BCUT2D eigenvalue weighted by Crippen LogP contribution is -2.50. The summed E-state index contributed by atoms with van der Waals surface area (Å²) in [6, 6.07) is 3.56. The molecule has 7 nitrogen and oxygen atoms in total. The summed E-state index contributed by atoms with van der Waals surface area (Å²) >= 11 is 0. The molecule has 1 aromatic rings. The van der Waals surface area contributed by atoms with Crippen molar-refractivity contribution in [2.24, 2.45) is 5.41 Å². The topological polar surface area (TPSA) is 103 Å². The minimum absolute atomic E-state index is 0.117. The van der Waals surface area contributed by atoms with Gasteiger partial charge in [-0.25, -0.2) is 9.78 Å². The molecule has 0 unspecified atom stereocenters. The number of hydrogen-bond acceptors (Lipinski definition) is 5. The van der Waals surface area contributed by atoms with Crippen molar-refractivity contribution in [3.05, 3.63) is 23.4 Å². The van der Waals surface area contributed by atoms with Gasteiger partial charge < -0.3 is 21.1 Å². The highest BCUT2D eigenvalue weighted by Gasteiger charge is 2.36. The van der Waals surface area contributed by atoms with Crippen LogP contribution in [0.5, 0.6) is 0 Å². The van der Waals surface area contributed by atoms with Gasteiger partial charge in [-0.05, 0) is 69.7 Å². The van der Waals surface area contributed by atoms with Gasteiger partial charge in [-0.15, -0.1) is 0 Å². The first-order chi connectivity index (χ1) is 15.0. The van der Waals surface area contributed by atoms with Crippen molar-refractivity contribution in [3.8, 4) is 0 Å². The maximum absolute atomic E-state index is 12.6. The van der Waals surface area contributed by atoms with Crippen LogP contribution in [0.25, 0.3) is 0 Å². The fourth-order valence-electron chi connectivity index (χ4n) is 4.49. The summed E-state index contributed by atoms with van der Waals surface area (Å²) in [5.41, 5.74) is 2.01. The molecule has 3 rings (SSSR count). The van der Waals surface area contributed by atoms with Gasteiger partial charge in [0.05, 0.1) is 0 Å². The van der Waals surface area contributed by atoms with Gasteiger partial charge in [-0.1, -0.05) is 38.7 Å². The number of amides is 1. The van der Waals surface area contributed by atoms with Gasteiger partial charge in [-0.3, -0.25) is 4.79 Å². The second kappa shape index (κ2) is 11.5. The number of carbonyl (C=O) groups excluding carboxylic acids is 1. The molecule has 3 heterocycles. The third-order valence-corrected chi connectivity index (χ3v) is 6.74. The van der Waals surface area contributed by atoms with Gasteiger partial charge in [-0.2, -0.15) is 0 Å². The zero-order valence-electron chi connectivity index (χ0n) is 18.8. The van der Waals surface area contributed by atoms with Gasteiger partial charge in [0.15, 0.2) is 0 Å². The van der Waals surface area contributed by atoms with Gasteiger partial charge in [0, 0.05) is 17.7 Å². The zero-order chi connectivity index (χ0) is 22.1. The molecule has 0 radical (unpaired) electrons. The molecule has 0 bridgehead atoms. The maximum Gasteiger partial charge on any atom is 0.326 e. The monoisotopic (exact) mass is 430 g/mol. The van der Waals surface area contributed by atoms with E-state index in [0.717, 1.165) is 88.9 Å². The minimum Gasteiger partial charge on any atom is -0.480 e. The number of carboxylic acids is 1. The first-order valence-electron chi connectivity index (χ1n) is 12.0. The first kappa shape index (κ1) is 23.5. The quantitative estimate of drug-likeness (QED) is 0.402. The number of aliphatic carboxylic acids is 1. The number of anilines is 1. The van der Waals surface area contributed by atoms with Crippen molar-refractivity contribution in [1.82, 2.24) is 15.6 Å². The molecule has 1 aromatic heterocycles. The maximum atomic E-state index is 12.6. The van der Waals surface area contributed by atoms with Gasteiger partial charge in [0.25, 0.3) is 0 Å². The molecular formula is C24H38N4O3. The lowest BCUT2D eigenvalue weighted by atomic mass is 9.80. The number of piperidine rings is 1. The van der Waals surface area contributed by atoms with Crippen molar-refractivity contribution in [1.29, 1.82) is 0 Å². The van der Waals surface area contributed by atoms with E-state index >= 15 is 0 Å². The highest BCUT2D eigenvalue weighted by Crippen LogP contribution is 2.28. The SMILES string of the molecule is CC1(C(=O)N[C@@H](CCCCCCCc2ccc3c(n2)NCCC3)C(=O)O)CCNCC1. The number of aromatic nitrogens is 1. The Labute approximate surface area is 185 Å². The number of nitrogens with one attached hydrogen (secondary N) is 3. The van der Waals surface area contributed by atoms with Gasteiger partial charge in [0.2, 0.25) is 5.91 Å². The van der Waals surface area contributed by atoms with E-state index < -0.39 is 17.4 Å². The fraction of sp³-hybridized carbons (Fsp3) is 0.708. The summed E-state index contributed by atoms with van der Waals surface area (Å²) in [4.78, 5) is 29.0. The van der Waals surface area contributed by atoms with E-state index in [2.05, 4.69) is 28.1 Å². The Morgan fingerprint density at radius 3 is 2.65 bits per heavy atom. The Kier molecular flexibility index (Phi) is 8.69. The molecule has 4 N–H and O–H groups in total. The Morgan fingerprint density at radius 1 is 1.13 bits per heavy atom. The second-order valence-corrected chi connectivity index (χ2v) is 9.32. The van der Waals surface area contributed by atoms with Crippen molar-refractivity contribution < 1.29 is 14.7 Å². The number of carboxylic acid groups (broad SMARTS) is 1. The highest BCUT2D eigenvalue weighted by molar-refractivity contribution is 5.87. The average molecular weight is 431 g/mol. The van der Waals surface area contributed by atoms with Crippen LogP contribution < -0.4 is 16.0 Å². The van der Waals surface area contributed by atoms with Crippen LogP contribution in [0.1, 0.15) is 76.0 Å². The molecule has 7 heteroatoms. The van der Waals surface area contributed by atoms with Crippen LogP contribution in [0.3, 0.4) is 0 Å². The van der Waals surface area contributed by atoms with E-state index in [1.807, 2.05) is 6.92 Å². The molecule has 1 fully saturated rings. The number of fused-ring (bicyclic) bond motifs is 1. The second-order valence-electron chi connectivity index (χ2n) is 9.32. The number of hydrogen-bond donors (Lipinski definition) is 4. The van der Waals surface area contributed by atoms with Crippen LogP contribution in [0.2, 0.25) is 0 Å². The Hall–Kier alpha value is -2.15. The summed E-state index contributed by atoms with van der Waals surface area (Å²) in [6.45, 7) is 4.56. The smallest absolute Gasteiger partial charge is 0.326 e. The van der Waals surface area contributed by atoms with Gasteiger partial charge in [0.1, 0.15) is 11.9 Å². The van der Waals surface area contributed by atoms with Gasteiger partial charge >= 0.3 is 5.97 Å². The number of unbranched alkanes of at least 4 members (excludes halogenated alkanes) is 4. The van der Waals surface area contributed by atoms with E-state index in [-0.39, 0.29) is 5.91 Å². The molecule has 0 aromatic carbocycles. The van der Waals surface area contributed by atoms with E-state index in [1.165, 1.54) is 12.0 Å². The number of carbonyl (C=O) groups is 2.